The number of nitrogens with one attached hydrogen (secondary N) is 9. The summed E-state index contributed by atoms with van der Waals surface area (Å²) < 4.78 is 28.5. The van der Waals surface area contributed by atoms with Gasteiger partial charge in [0.1, 0.15) is 58.5 Å². The first-order valence-electron chi connectivity index (χ1n) is 30.0. The topological polar surface area (TPSA) is 298 Å². The number of rotatable bonds is 30. The first kappa shape index (κ1) is 70.6. The van der Waals surface area contributed by atoms with Crippen molar-refractivity contribution in [3.8, 4) is 0 Å². The van der Waals surface area contributed by atoms with Crippen LogP contribution < -0.4 is 47.9 Å². The first-order chi connectivity index (χ1) is 40.5. The van der Waals surface area contributed by atoms with E-state index in [9.17, 15) is 56.7 Å². The normalized spacial score (nSPS) is 16.5. The van der Waals surface area contributed by atoms with Crippen molar-refractivity contribution in [2.24, 2.45) is 17.8 Å². The van der Waals surface area contributed by atoms with Gasteiger partial charge in [-0.3, -0.25) is 47.9 Å². The van der Waals surface area contributed by atoms with Crippen molar-refractivity contribution in [1.29, 1.82) is 0 Å². The molecule has 0 unspecified atom stereocenters. The van der Waals surface area contributed by atoms with Crippen molar-refractivity contribution in [3.63, 3.8) is 0 Å². The van der Waals surface area contributed by atoms with Crippen LogP contribution in [0.2, 0.25) is 0 Å². The van der Waals surface area contributed by atoms with E-state index in [0.717, 1.165) is 42.7 Å². The number of carbonyl (C=O) groups is 10. The molecule has 1 saturated carbocycles. The second kappa shape index (κ2) is 30.2. The lowest BCUT2D eigenvalue weighted by molar-refractivity contribution is -0.139. The van der Waals surface area contributed by atoms with Crippen LogP contribution in [0.15, 0.2) is 42.5 Å². The Morgan fingerprint density at radius 3 is 1.69 bits per heavy atom. The van der Waals surface area contributed by atoms with Crippen LogP contribution in [0.1, 0.15) is 156 Å². The standard InChI is InChI=1S/C62H92F2N12O10S/c1-35(2)29-42(50(78)67-44(31-37(5)6)53(81)73-61(11,12)58(86)74-59(7,8)56(84)65-27-24-48(77)71-62(25-16-26-62)34-75(13)14)70-57(85)60(9,10)72-52(80)43(30-36(3)4)68-51(79)45(33-49-66-41-23-22-40(64)32-47(41)87-49)69-54(82)46-17-15-28-76(46)55(83)38-18-20-39(63)21-19-38/h18-23,32,35-37,42-46H,15-17,24-31,33-34H2,1-14H3,(H,65,84)(H,67,78)(H,68,79)(H,69,82)(H,70,85)(H,71,77)(H,72,80)(H,73,81)(H,74,86)/t42-,43-,44-,45-,46-/m0/s1. The third-order valence-corrected chi connectivity index (χ3v) is 16.3. The zero-order valence-corrected chi connectivity index (χ0v) is 53.8. The molecule has 2 fully saturated rings. The highest BCUT2D eigenvalue weighted by Crippen LogP contribution is 2.32. The number of likely N-dealkylation sites (tertiary alicyclic amines) is 1. The smallest absolute Gasteiger partial charge is 0.254 e. The minimum absolute atomic E-state index is 0.0299. The average Bonchev–Trinajstić information content (AvgIpc) is 2.85. The molecule has 480 valence electrons. The van der Waals surface area contributed by atoms with Gasteiger partial charge in [0, 0.05) is 38.0 Å². The van der Waals surface area contributed by atoms with Crippen LogP contribution >= 0.6 is 11.3 Å². The van der Waals surface area contributed by atoms with Crippen LogP contribution in [0.25, 0.3) is 10.2 Å². The monoisotopic (exact) mass is 1230 g/mol. The molecular formula is C62H92F2N12O10S. The summed E-state index contributed by atoms with van der Waals surface area (Å²) in [6.07, 6.45) is 3.66. The van der Waals surface area contributed by atoms with Crippen molar-refractivity contribution in [2.75, 3.05) is 33.7 Å². The second-order valence-corrected chi connectivity index (χ2v) is 27.5. The van der Waals surface area contributed by atoms with E-state index in [-0.39, 0.29) is 86.4 Å². The lowest BCUT2D eigenvalue weighted by Crippen LogP contribution is -2.65. The van der Waals surface area contributed by atoms with E-state index in [1.54, 1.807) is 0 Å². The van der Waals surface area contributed by atoms with E-state index in [1.165, 1.54) is 76.8 Å². The van der Waals surface area contributed by atoms with Crippen LogP contribution in [-0.2, 0) is 49.6 Å². The highest BCUT2D eigenvalue weighted by atomic mass is 32.1. The number of thiazole rings is 1. The fourth-order valence-electron chi connectivity index (χ4n) is 10.5. The summed E-state index contributed by atoms with van der Waals surface area (Å²) in [6.45, 7) is 20.7. The van der Waals surface area contributed by atoms with E-state index in [0.29, 0.717) is 28.2 Å². The summed E-state index contributed by atoms with van der Waals surface area (Å²) >= 11 is 1.11. The summed E-state index contributed by atoms with van der Waals surface area (Å²) in [5, 5.41) is 25.4. The molecule has 22 nitrogen and oxygen atoms in total. The Kier molecular flexibility index (Phi) is 24.5. The van der Waals surface area contributed by atoms with Crippen LogP contribution in [0.3, 0.4) is 0 Å². The molecule has 9 N–H and O–H groups in total. The van der Waals surface area contributed by atoms with E-state index in [1.807, 2.05) is 60.5 Å². The lowest BCUT2D eigenvalue weighted by atomic mass is 9.76. The van der Waals surface area contributed by atoms with Gasteiger partial charge in [-0.1, -0.05) is 41.5 Å². The van der Waals surface area contributed by atoms with Crippen molar-refractivity contribution in [2.45, 2.75) is 200 Å². The van der Waals surface area contributed by atoms with Crippen molar-refractivity contribution < 1.29 is 56.7 Å². The molecule has 5 atom stereocenters. The molecule has 2 aliphatic rings. The van der Waals surface area contributed by atoms with E-state index >= 15 is 0 Å². The van der Waals surface area contributed by atoms with Crippen molar-refractivity contribution in [3.05, 3.63) is 64.7 Å². The van der Waals surface area contributed by atoms with Crippen LogP contribution in [0.4, 0.5) is 8.78 Å². The fraction of sp³-hybridized carbons (Fsp3) is 0.629. The minimum Gasteiger partial charge on any atom is -0.354 e. The largest absolute Gasteiger partial charge is 0.354 e. The van der Waals surface area contributed by atoms with Gasteiger partial charge in [-0.05, 0) is 167 Å². The summed E-state index contributed by atoms with van der Waals surface area (Å²) in [5.74, 6) is -7.91. The number of hydrogen-bond donors (Lipinski definition) is 9. The van der Waals surface area contributed by atoms with Gasteiger partial charge in [0.25, 0.3) is 5.91 Å². The maximum atomic E-state index is 14.6. The Morgan fingerprint density at radius 2 is 1.16 bits per heavy atom. The molecule has 0 radical (unpaired) electrons. The second-order valence-electron chi connectivity index (χ2n) is 26.4. The lowest BCUT2D eigenvalue weighted by Gasteiger charge is -2.44. The number of nitrogens with zero attached hydrogens (tertiary/aromatic N) is 3. The Balaban J connectivity index is 1.25. The van der Waals surface area contributed by atoms with Gasteiger partial charge in [-0.15, -0.1) is 11.3 Å². The van der Waals surface area contributed by atoms with Crippen LogP contribution in [0, 0.1) is 29.4 Å². The van der Waals surface area contributed by atoms with Crippen molar-refractivity contribution >= 4 is 80.6 Å². The molecule has 1 aromatic heterocycles. The number of fused-ring (bicyclic) bond motifs is 1. The summed E-state index contributed by atoms with van der Waals surface area (Å²) in [4.78, 5) is 147. The molecule has 87 heavy (non-hydrogen) atoms. The Morgan fingerprint density at radius 1 is 0.644 bits per heavy atom. The van der Waals surface area contributed by atoms with Gasteiger partial charge in [-0.2, -0.15) is 0 Å². The SMILES string of the molecule is CC(C)C[C@H](NC(=O)[C@H](Cc1nc2ccc(F)cc2s1)NC(=O)[C@@H]1CCCN1C(=O)c1ccc(F)cc1)C(=O)NC(C)(C)C(=O)N[C@@H](CC(C)C)C(=O)N[C@@H](CC(C)C)C(=O)NC(C)(C)C(=O)NC(C)(C)C(=O)NCCC(=O)NC1(CN(C)C)CCC1. The molecule has 5 rings (SSSR count). The molecule has 25 heteroatoms. The number of likely N-dealkylation sites (N-methyl/N-ethyl adjacent to an activating group) is 1. The molecular weight excluding hydrogens is 1140 g/mol. The maximum Gasteiger partial charge on any atom is 0.254 e. The van der Waals surface area contributed by atoms with Crippen molar-refractivity contribution in [1.82, 2.24) is 62.6 Å². The number of hydrogen-bond acceptors (Lipinski definition) is 13. The number of amides is 10. The molecule has 10 amide bonds. The van der Waals surface area contributed by atoms with Crippen LogP contribution in [0.5, 0.6) is 0 Å². The highest BCUT2D eigenvalue weighted by Gasteiger charge is 2.43. The molecule has 2 heterocycles. The zero-order chi connectivity index (χ0) is 64.9. The van der Waals surface area contributed by atoms with Crippen LogP contribution in [-0.4, -0.2) is 160 Å². The molecule has 0 spiro atoms. The molecule has 1 saturated heterocycles. The highest BCUT2D eigenvalue weighted by molar-refractivity contribution is 7.18. The molecule has 3 aromatic rings. The third kappa shape index (κ3) is 20.5. The van der Waals surface area contributed by atoms with Gasteiger partial charge >= 0.3 is 0 Å². The van der Waals surface area contributed by atoms with E-state index in [2.05, 4.69) is 52.8 Å². The predicted molar refractivity (Wildman–Crippen MR) is 327 cm³/mol. The molecule has 1 aliphatic heterocycles. The Bertz CT molecular complexity index is 2980. The molecule has 2 aromatic carbocycles. The molecule has 0 bridgehead atoms. The predicted octanol–water partition coefficient (Wildman–Crippen LogP) is 4.29. The Hall–Kier alpha value is -7.15. The quantitative estimate of drug-likeness (QED) is 0.0452. The number of carbonyl (C=O) groups excluding carboxylic acids is 10. The number of benzene rings is 2. The van der Waals surface area contributed by atoms with Gasteiger partial charge in [0.2, 0.25) is 53.2 Å². The Labute approximate surface area is 513 Å². The fourth-order valence-corrected chi connectivity index (χ4v) is 11.6. The van der Waals surface area contributed by atoms with Gasteiger partial charge < -0.3 is 57.7 Å². The van der Waals surface area contributed by atoms with E-state index in [4.69, 9.17) is 0 Å². The summed E-state index contributed by atoms with van der Waals surface area (Å²) in [5.41, 5.74) is -4.47. The summed E-state index contributed by atoms with van der Waals surface area (Å²) in [6, 6.07) is 2.88. The minimum atomic E-state index is -1.73. The maximum absolute atomic E-state index is 14.6. The average molecular weight is 1240 g/mol. The van der Waals surface area contributed by atoms with Gasteiger partial charge in [0.15, 0.2) is 0 Å². The molecule has 1 aliphatic carbocycles. The third-order valence-electron chi connectivity index (χ3n) is 15.3. The zero-order valence-electron chi connectivity index (χ0n) is 52.9. The first-order valence-corrected chi connectivity index (χ1v) is 30.9. The number of aromatic nitrogens is 1. The van der Waals surface area contributed by atoms with E-state index < -0.39 is 112 Å². The van der Waals surface area contributed by atoms with Gasteiger partial charge in [-0.25, -0.2) is 13.8 Å². The summed E-state index contributed by atoms with van der Waals surface area (Å²) in [7, 11) is 3.89. The van der Waals surface area contributed by atoms with Gasteiger partial charge in [0.05, 0.1) is 20.8 Å². The number of halogens is 2.